The van der Waals surface area contributed by atoms with Gasteiger partial charge in [-0.25, -0.2) is 0 Å². The van der Waals surface area contributed by atoms with Gasteiger partial charge in [-0.3, -0.25) is 29.8 Å². The molecule has 0 aliphatic carbocycles. The molecule has 0 bridgehead atoms. The molecule has 0 unspecified atom stereocenters. The van der Waals surface area contributed by atoms with E-state index >= 15 is 0 Å². The molecule has 0 atom stereocenters. The van der Waals surface area contributed by atoms with Gasteiger partial charge in [-0.15, -0.1) is 0 Å². The topological polar surface area (TPSA) is 92.3 Å². The minimum absolute atomic E-state index is 0.219. The lowest BCUT2D eigenvalue weighted by Gasteiger charge is -2.11. The molecule has 13 heavy (non-hydrogen) atoms. The number of carbonyl (C=O) groups excluding carboxylic acids is 4. The van der Waals surface area contributed by atoms with Gasteiger partial charge in [-0.2, -0.15) is 0 Å². The summed E-state index contributed by atoms with van der Waals surface area (Å²) in [5.74, 6) is -2.34. The summed E-state index contributed by atoms with van der Waals surface area (Å²) in [5, 5.41) is 4.02. The zero-order valence-corrected chi connectivity index (χ0v) is 6.55. The number of amides is 4. The number of hydrogen-bond acceptors (Lipinski definition) is 4. The van der Waals surface area contributed by atoms with Crippen molar-refractivity contribution >= 4 is 23.6 Å². The maximum absolute atomic E-state index is 11.2. The van der Waals surface area contributed by atoms with Crippen LogP contribution in [0, 0.1) is 5.41 Å². The Hall–Kier alpha value is -1.72. The normalized spacial score (nSPS) is 25.2. The second kappa shape index (κ2) is 2.15. The van der Waals surface area contributed by atoms with Crippen molar-refractivity contribution < 1.29 is 19.2 Å². The molecule has 0 aromatic heterocycles. The van der Waals surface area contributed by atoms with Crippen LogP contribution in [0.3, 0.4) is 0 Å². The summed E-state index contributed by atoms with van der Waals surface area (Å²) < 4.78 is 0. The first-order valence-corrected chi connectivity index (χ1v) is 3.73. The molecular weight excluding hydrogens is 176 g/mol. The van der Waals surface area contributed by atoms with Crippen molar-refractivity contribution in [3.63, 3.8) is 0 Å². The van der Waals surface area contributed by atoms with E-state index in [4.69, 9.17) is 0 Å². The number of rotatable bonds is 0. The zero-order valence-electron chi connectivity index (χ0n) is 6.55. The first kappa shape index (κ1) is 7.90. The molecule has 6 nitrogen and oxygen atoms in total. The smallest absolute Gasteiger partial charge is 0.243 e. The van der Waals surface area contributed by atoms with Gasteiger partial charge in [0, 0.05) is 0 Å². The fourth-order valence-electron chi connectivity index (χ4n) is 1.62. The first-order chi connectivity index (χ1) is 6.04. The third kappa shape index (κ3) is 0.881. The van der Waals surface area contributed by atoms with E-state index in [0.717, 1.165) is 0 Å². The second-order valence-corrected chi connectivity index (χ2v) is 3.19. The van der Waals surface area contributed by atoms with E-state index in [1.807, 2.05) is 10.6 Å². The van der Waals surface area contributed by atoms with Gasteiger partial charge >= 0.3 is 0 Å². The van der Waals surface area contributed by atoms with Crippen LogP contribution in [-0.4, -0.2) is 23.6 Å². The molecule has 0 aromatic carbocycles. The molecule has 2 N–H and O–H groups in total. The van der Waals surface area contributed by atoms with Crippen molar-refractivity contribution in [3.8, 4) is 0 Å². The number of imide groups is 2. The van der Waals surface area contributed by atoms with Crippen molar-refractivity contribution in [2.45, 2.75) is 12.8 Å². The van der Waals surface area contributed by atoms with Crippen molar-refractivity contribution in [3.05, 3.63) is 0 Å². The highest BCUT2D eigenvalue weighted by atomic mass is 16.2. The molecule has 2 aliphatic rings. The van der Waals surface area contributed by atoms with Gasteiger partial charge in [-0.05, 0) is 0 Å². The molecule has 2 fully saturated rings. The predicted octanol–water partition coefficient (Wildman–Crippen LogP) is -1.93. The fraction of sp³-hybridized carbons (Fsp3) is 0.429. The Balaban J connectivity index is 2.41. The maximum Gasteiger partial charge on any atom is 0.243 e. The van der Waals surface area contributed by atoms with Crippen molar-refractivity contribution in [1.82, 2.24) is 10.6 Å². The molecule has 6 heteroatoms. The van der Waals surface area contributed by atoms with Crippen LogP contribution < -0.4 is 10.6 Å². The van der Waals surface area contributed by atoms with Gasteiger partial charge in [0.1, 0.15) is 5.41 Å². The first-order valence-electron chi connectivity index (χ1n) is 3.73. The van der Waals surface area contributed by atoms with E-state index in [-0.39, 0.29) is 12.8 Å². The Labute approximate surface area is 72.7 Å². The van der Waals surface area contributed by atoms with Gasteiger partial charge < -0.3 is 0 Å². The third-order valence-electron chi connectivity index (χ3n) is 2.30. The molecule has 0 aromatic rings. The molecule has 2 rings (SSSR count). The Morgan fingerprint density at radius 3 is 1.46 bits per heavy atom. The van der Waals surface area contributed by atoms with E-state index < -0.39 is 29.0 Å². The fourth-order valence-corrected chi connectivity index (χ4v) is 1.62. The van der Waals surface area contributed by atoms with Crippen molar-refractivity contribution in [1.29, 1.82) is 0 Å². The van der Waals surface area contributed by atoms with Crippen molar-refractivity contribution in [2.75, 3.05) is 0 Å². The van der Waals surface area contributed by atoms with Crippen LogP contribution in [0.25, 0.3) is 0 Å². The summed E-state index contributed by atoms with van der Waals surface area (Å²) in [6.45, 7) is 0. The molecule has 2 saturated heterocycles. The summed E-state index contributed by atoms with van der Waals surface area (Å²) in [7, 11) is 0. The SMILES string of the molecule is O=C1CC2(CC(=O)NC2=O)C(=O)N1. The quantitative estimate of drug-likeness (QED) is 0.337. The standard InChI is InChI=1S/C7H6N2O4/c10-3-1-7(5(12)8-3)2-4(11)9-6(7)13/h1-2H2,(H,8,10,12)(H,9,11,13). The summed E-state index contributed by atoms with van der Waals surface area (Å²) >= 11 is 0. The van der Waals surface area contributed by atoms with Crippen LogP contribution in [0.4, 0.5) is 0 Å². The lowest BCUT2D eigenvalue weighted by atomic mass is 9.84. The third-order valence-corrected chi connectivity index (χ3v) is 2.30. The van der Waals surface area contributed by atoms with Gasteiger partial charge in [0.05, 0.1) is 12.8 Å². The average Bonchev–Trinajstić information content (AvgIpc) is 2.40. The molecule has 0 saturated carbocycles. The molecule has 2 heterocycles. The highest BCUT2D eigenvalue weighted by molar-refractivity contribution is 6.24. The number of carbonyl (C=O) groups is 4. The monoisotopic (exact) mass is 182 g/mol. The van der Waals surface area contributed by atoms with E-state index in [9.17, 15) is 19.2 Å². The van der Waals surface area contributed by atoms with Crippen LogP contribution in [0.15, 0.2) is 0 Å². The summed E-state index contributed by atoms with van der Waals surface area (Å²) in [4.78, 5) is 44.1. The molecular formula is C7H6N2O4. The summed E-state index contributed by atoms with van der Waals surface area (Å²) in [5.41, 5.74) is -1.45. The van der Waals surface area contributed by atoms with Crippen LogP contribution in [0.2, 0.25) is 0 Å². The minimum Gasteiger partial charge on any atom is -0.295 e. The maximum atomic E-state index is 11.2. The van der Waals surface area contributed by atoms with E-state index in [0.29, 0.717) is 0 Å². The number of nitrogens with one attached hydrogen (secondary N) is 2. The second-order valence-electron chi connectivity index (χ2n) is 3.19. The van der Waals surface area contributed by atoms with Gasteiger partial charge in [0.25, 0.3) is 0 Å². The Bertz CT molecular complexity index is 312. The largest absolute Gasteiger partial charge is 0.295 e. The lowest BCUT2D eigenvalue weighted by molar-refractivity contribution is -0.138. The molecule has 68 valence electrons. The highest BCUT2D eigenvalue weighted by Crippen LogP contribution is 2.35. The van der Waals surface area contributed by atoms with E-state index in [1.54, 1.807) is 0 Å². The van der Waals surface area contributed by atoms with Crippen LogP contribution in [0.5, 0.6) is 0 Å². The predicted molar refractivity (Wildman–Crippen MR) is 38.0 cm³/mol. The molecule has 4 amide bonds. The molecule has 2 aliphatic heterocycles. The zero-order chi connectivity index (χ0) is 9.64. The Kier molecular flexibility index (Phi) is 1.31. The van der Waals surface area contributed by atoms with Gasteiger partial charge in [-0.1, -0.05) is 0 Å². The molecule has 0 radical (unpaired) electrons. The van der Waals surface area contributed by atoms with Crippen LogP contribution >= 0.6 is 0 Å². The average molecular weight is 182 g/mol. The Morgan fingerprint density at radius 1 is 0.846 bits per heavy atom. The van der Waals surface area contributed by atoms with Crippen molar-refractivity contribution in [2.24, 2.45) is 5.41 Å². The van der Waals surface area contributed by atoms with E-state index in [2.05, 4.69) is 0 Å². The summed E-state index contributed by atoms with van der Waals surface area (Å²) in [6.07, 6.45) is -0.438. The highest BCUT2D eigenvalue weighted by Gasteiger charge is 2.57. The van der Waals surface area contributed by atoms with Gasteiger partial charge in [0.15, 0.2) is 0 Å². The molecule has 1 spiro atoms. The lowest BCUT2D eigenvalue weighted by Crippen LogP contribution is -2.38. The van der Waals surface area contributed by atoms with E-state index in [1.165, 1.54) is 0 Å². The van der Waals surface area contributed by atoms with Crippen LogP contribution in [-0.2, 0) is 19.2 Å². The minimum atomic E-state index is -1.45. The number of hydrogen-bond donors (Lipinski definition) is 2. The van der Waals surface area contributed by atoms with Gasteiger partial charge in [0.2, 0.25) is 23.6 Å². The van der Waals surface area contributed by atoms with Crippen LogP contribution in [0.1, 0.15) is 12.8 Å². The summed E-state index contributed by atoms with van der Waals surface area (Å²) in [6, 6.07) is 0. The Morgan fingerprint density at radius 2 is 1.23 bits per heavy atom.